The van der Waals surface area contributed by atoms with Crippen LogP contribution in [0.5, 0.6) is 0 Å². The van der Waals surface area contributed by atoms with Crippen LogP contribution in [0, 0.1) is 0 Å². The Morgan fingerprint density at radius 1 is 1.50 bits per heavy atom. The summed E-state index contributed by atoms with van der Waals surface area (Å²) in [7, 11) is 1.70. The van der Waals surface area contributed by atoms with E-state index in [9.17, 15) is 4.79 Å². The molecule has 0 bridgehead atoms. The smallest absolute Gasteiger partial charge is 0.238 e. The fraction of sp³-hybridized carbons (Fsp3) is 0.417. The molecule has 0 saturated heterocycles. The second kappa shape index (κ2) is 5.37. The van der Waals surface area contributed by atoms with E-state index in [2.05, 4.69) is 23.0 Å². The summed E-state index contributed by atoms with van der Waals surface area (Å²) in [4.78, 5) is 12.8. The first kappa shape index (κ1) is 11.5. The summed E-state index contributed by atoms with van der Waals surface area (Å²) < 4.78 is 0. The second-order valence-corrected chi connectivity index (χ2v) is 5.01. The number of aryl methyl sites for hydroxylation is 1. The molecule has 1 amide bonds. The van der Waals surface area contributed by atoms with Crippen molar-refractivity contribution < 1.29 is 4.79 Å². The molecule has 2 rings (SSSR count). The van der Waals surface area contributed by atoms with E-state index in [0.717, 1.165) is 12.0 Å². The van der Waals surface area contributed by atoms with Crippen LogP contribution in [0.1, 0.15) is 17.5 Å². The number of nitrogens with one attached hydrogen (secondary N) is 2. The van der Waals surface area contributed by atoms with Gasteiger partial charge in [0.25, 0.3) is 0 Å². The summed E-state index contributed by atoms with van der Waals surface area (Å²) >= 11 is 1.91. The predicted molar refractivity (Wildman–Crippen MR) is 66.4 cm³/mol. The molecule has 0 aromatic heterocycles. The van der Waals surface area contributed by atoms with Gasteiger partial charge in [-0.3, -0.25) is 10.2 Å². The zero-order chi connectivity index (χ0) is 11.4. The lowest BCUT2D eigenvalue weighted by Crippen LogP contribution is -2.35. The highest BCUT2D eigenvalue weighted by atomic mass is 32.2. The molecule has 0 aliphatic carbocycles. The SMILES string of the molecule is CNNC(=O)Cc1ccc2c(c1)CCCS2. The molecule has 0 unspecified atom stereocenters. The van der Waals surface area contributed by atoms with Crippen LogP contribution >= 0.6 is 11.8 Å². The van der Waals surface area contributed by atoms with Crippen molar-refractivity contribution in [3.63, 3.8) is 0 Å². The molecule has 86 valence electrons. The highest BCUT2D eigenvalue weighted by Crippen LogP contribution is 2.30. The Bertz CT molecular complexity index is 393. The van der Waals surface area contributed by atoms with Gasteiger partial charge in [0.2, 0.25) is 5.91 Å². The third-order valence-corrected chi connectivity index (χ3v) is 3.80. The Balaban J connectivity index is 2.08. The van der Waals surface area contributed by atoms with Crippen molar-refractivity contribution in [1.29, 1.82) is 0 Å². The Kier molecular flexibility index (Phi) is 3.85. The molecule has 2 N–H and O–H groups in total. The largest absolute Gasteiger partial charge is 0.292 e. The minimum atomic E-state index is 0.00547. The van der Waals surface area contributed by atoms with Gasteiger partial charge in [-0.2, -0.15) is 0 Å². The lowest BCUT2D eigenvalue weighted by molar-refractivity contribution is -0.121. The van der Waals surface area contributed by atoms with Gasteiger partial charge in [-0.15, -0.1) is 11.8 Å². The van der Waals surface area contributed by atoms with Crippen LogP contribution in [0.2, 0.25) is 0 Å². The van der Waals surface area contributed by atoms with E-state index in [1.807, 2.05) is 17.8 Å². The quantitative estimate of drug-likeness (QED) is 0.782. The van der Waals surface area contributed by atoms with Crippen LogP contribution in [0.25, 0.3) is 0 Å². The lowest BCUT2D eigenvalue weighted by atomic mass is 10.0. The number of amides is 1. The highest BCUT2D eigenvalue weighted by molar-refractivity contribution is 7.99. The average molecular weight is 236 g/mol. The monoisotopic (exact) mass is 236 g/mol. The van der Waals surface area contributed by atoms with Crippen LogP contribution in [0.4, 0.5) is 0 Å². The van der Waals surface area contributed by atoms with E-state index < -0.39 is 0 Å². The van der Waals surface area contributed by atoms with Crippen LogP contribution in [0.15, 0.2) is 23.1 Å². The number of carbonyl (C=O) groups is 1. The molecule has 1 aliphatic heterocycles. The summed E-state index contributed by atoms with van der Waals surface area (Å²) in [6.45, 7) is 0. The van der Waals surface area contributed by atoms with Crippen molar-refractivity contribution in [1.82, 2.24) is 10.9 Å². The zero-order valence-corrected chi connectivity index (χ0v) is 10.2. The molecule has 0 saturated carbocycles. The maximum atomic E-state index is 11.4. The standard InChI is InChI=1S/C12H16N2OS/c1-13-14-12(15)8-9-4-5-11-10(7-9)3-2-6-16-11/h4-5,7,13H,2-3,6,8H2,1H3,(H,14,15). The van der Waals surface area contributed by atoms with Gasteiger partial charge in [0, 0.05) is 11.9 Å². The number of fused-ring (bicyclic) bond motifs is 1. The molecule has 0 radical (unpaired) electrons. The summed E-state index contributed by atoms with van der Waals surface area (Å²) in [6, 6.07) is 6.35. The van der Waals surface area contributed by atoms with E-state index in [4.69, 9.17) is 0 Å². The third kappa shape index (κ3) is 2.77. The highest BCUT2D eigenvalue weighted by Gasteiger charge is 2.11. The van der Waals surface area contributed by atoms with Gasteiger partial charge in [-0.25, -0.2) is 5.43 Å². The zero-order valence-electron chi connectivity index (χ0n) is 9.38. The normalized spacial score (nSPS) is 14.3. The molecule has 16 heavy (non-hydrogen) atoms. The van der Waals surface area contributed by atoms with Gasteiger partial charge in [0.15, 0.2) is 0 Å². The van der Waals surface area contributed by atoms with E-state index in [1.165, 1.54) is 22.6 Å². The molecule has 1 aromatic carbocycles. The van der Waals surface area contributed by atoms with Crippen molar-refractivity contribution in [2.45, 2.75) is 24.2 Å². The van der Waals surface area contributed by atoms with E-state index >= 15 is 0 Å². The third-order valence-electron chi connectivity index (χ3n) is 2.60. The average Bonchev–Trinajstić information content (AvgIpc) is 2.29. The van der Waals surface area contributed by atoms with Gasteiger partial charge in [-0.1, -0.05) is 12.1 Å². The first-order valence-electron chi connectivity index (χ1n) is 5.50. The van der Waals surface area contributed by atoms with Crippen molar-refractivity contribution in [3.05, 3.63) is 29.3 Å². The number of rotatable bonds is 3. The Labute approximate surface area is 100.0 Å². The van der Waals surface area contributed by atoms with Crippen LogP contribution in [-0.2, 0) is 17.6 Å². The van der Waals surface area contributed by atoms with Crippen LogP contribution in [-0.4, -0.2) is 18.7 Å². The number of thioether (sulfide) groups is 1. The Hall–Kier alpha value is -1.00. The summed E-state index contributed by atoms with van der Waals surface area (Å²) in [5.41, 5.74) is 7.71. The number of hydrazine groups is 1. The van der Waals surface area contributed by atoms with Crippen LogP contribution in [0.3, 0.4) is 0 Å². The van der Waals surface area contributed by atoms with E-state index in [0.29, 0.717) is 6.42 Å². The van der Waals surface area contributed by atoms with Crippen LogP contribution < -0.4 is 10.9 Å². The minimum Gasteiger partial charge on any atom is -0.292 e. The number of benzene rings is 1. The molecular weight excluding hydrogens is 220 g/mol. The van der Waals surface area contributed by atoms with Gasteiger partial charge in [0.1, 0.15) is 0 Å². The fourth-order valence-electron chi connectivity index (χ4n) is 1.89. The van der Waals surface area contributed by atoms with Crippen molar-refractivity contribution >= 4 is 17.7 Å². The Morgan fingerprint density at radius 3 is 3.19 bits per heavy atom. The van der Waals surface area contributed by atoms with E-state index in [1.54, 1.807) is 7.05 Å². The Morgan fingerprint density at radius 2 is 2.38 bits per heavy atom. The maximum absolute atomic E-state index is 11.4. The van der Waals surface area contributed by atoms with Crippen molar-refractivity contribution in [2.75, 3.05) is 12.8 Å². The van der Waals surface area contributed by atoms with Gasteiger partial charge < -0.3 is 0 Å². The molecule has 1 aromatic rings. The number of hydrogen-bond donors (Lipinski definition) is 2. The molecule has 0 atom stereocenters. The topological polar surface area (TPSA) is 41.1 Å². The van der Waals surface area contributed by atoms with Crippen molar-refractivity contribution in [2.24, 2.45) is 0 Å². The first-order valence-corrected chi connectivity index (χ1v) is 6.48. The van der Waals surface area contributed by atoms with Crippen molar-refractivity contribution in [3.8, 4) is 0 Å². The van der Waals surface area contributed by atoms with Gasteiger partial charge in [0.05, 0.1) is 6.42 Å². The minimum absolute atomic E-state index is 0.00547. The molecule has 4 heteroatoms. The molecular formula is C12H16N2OS. The summed E-state index contributed by atoms with van der Waals surface area (Å²) in [5.74, 6) is 1.22. The molecule has 0 fully saturated rings. The molecule has 0 spiro atoms. The summed E-state index contributed by atoms with van der Waals surface area (Å²) in [5, 5.41) is 0. The predicted octanol–water partition coefficient (Wildman–Crippen LogP) is 1.52. The van der Waals surface area contributed by atoms with Gasteiger partial charge in [-0.05, 0) is 35.8 Å². The molecule has 3 nitrogen and oxygen atoms in total. The molecule has 1 heterocycles. The van der Waals surface area contributed by atoms with Gasteiger partial charge >= 0.3 is 0 Å². The lowest BCUT2D eigenvalue weighted by Gasteiger charge is -2.15. The van der Waals surface area contributed by atoms with E-state index in [-0.39, 0.29) is 5.91 Å². The second-order valence-electron chi connectivity index (χ2n) is 3.87. The molecule has 1 aliphatic rings. The summed E-state index contributed by atoms with van der Waals surface area (Å²) in [6.07, 6.45) is 2.83. The fourth-order valence-corrected chi connectivity index (χ4v) is 2.91. The first-order chi connectivity index (χ1) is 7.79. The maximum Gasteiger partial charge on any atom is 0.238 e. The number of carbonyl (C=O) groups excluding carboxylic acids is 1. The number of hydrogen-bond acceptors (Lipinski definition) is 3.